The van der Waals surface area contributed by atoms with Crippen molar-refractivity contribution >= 4 is 5.91 Å². The van der Waals surface area contributed by atoms with Crippen LogP contribution in [0.5, 0.6) is 0 Å². The van der Waals surface area contributed by atoms with Gasteiger partial charge in [-0.15, -0.1) is 0 Å². The number of benzene rings is 2. The molecule has 1 N–H and O–H groups in total. The molecule has 0 saturated carbocycles. The molecule has 2 aromatic rings. The highest BCUT2D eigenvalue weighted by atomic mass is 16.2. The normalized spacial score (nSPS) is 19.7. The van der Waals surface area contributed by atoms with Crippen LogP contribution < -0.4 is 5.32 Å². The van der Waals surface area contributed by atoms with Gasteiger partial charge in [-0.1, -0.05) is 60.2 Å². The first-order valence-electron chi connectivity index (χ1n) is 8.74. The lowest BCUT2D eigenvalue weighted by molar-refractivity contribution is -0.127. The molecule has 1 aliphatic heterocycles. The van der Waals surface area contributed by atoms with Crippen molar-refractivity contribution in [2.24, 2.45) is 5.92 Å². The second-order valence-corrected chi connectivity index (χ2v) is 6.87. The molecule has 1 aliphatic rings. The number of aryl methyl sites for hydroxylation is 1. The Hall–Kier alpha value is -2.13. The minimum atomic E-state index is -0.0918. The maximum Gasteiger partial charge on any atom is 0.225 e. The topological polar surface area (TPSA) is 32.3 Å². The maximum absolute atomic E-state index is 12.8. The third-order valence-corrected chi connectivity index (χ3v) is 4.79. The lowest BCUT2D eigenvalue weighted by Crippen LogP contribution is -2.42. The molecule has 2 aromatic carbocycles. The van der Waals surface area contributed by atoms with E-state index in [9.17, 15) is 4.79 Å². The molecule has 1 amide bonds. The summed E-state index contributed by atoms with van der Waals surface area (Å²) in [7, 11) is 2.09. The van der Waals surface area contributed by atoms with Gasteiger partial charge in [-0.2, -0.15) is 0 Å². The number of amides is 1. The van der Waals surface area contributed by atoms with Gasteiger partial charge < -0.3 is 10.2 Å². The van der Waals surface area contributed by atoms with Crippen LogP contribution in [0.4, 0.5) is 0 Å². The third kappa shape index (κ3) is 4.04. The molecule has 1 fully saturated rings. The SMILES string of the molecule is Cc1cccc([C@H](NC(=O)[C@@H]2CCCN(C)C2)c2ccccc2)c1. The van der Waals surface area contributed by atoms with E-state index in [1.165, 1.54) is 5.56 Å². The van der Waals surface area contributed by atoms with Crippen LogP contribution in [0.25, 0.3) is 0 Å². The van der Waals surface area contributed by atoms with Crippen LogP contribution in [0.2, 0.25) is 0 Å². The molecule has 3 rings (SSSR count). The van der Waals surface area contributed by atoms with Gasteiger partial charge in [0.1, 0.15) is 0 Å². The van der Waals surface area contributed by atoms with E-state index >= 15 is 0 Å². The van der Waals surface area contributed by atoms with Crippen LogP contribution in [0, 0.1) is 12.8 Å². The van der Waals surface area contributed by atoms with Gasteiger partial charge in [-0.3, -0.25) is 4.79 Å². The molecule has 2 atom stereocenters. The number of likely N-dealkylation sites (tertiary alicyclic amines) is 1. The second-order valence-electron chi connectivity index (χ2n) is 6.87. The van der Waals surface area contributed by atoms with E-state index in [4.69, 9.17) is 0 Å². The largest absolute Gasteiger partial charge is 0.345 e. The molecule has 0 aliphatic carbocycles. The number of nitrogens with zero attached hydrogens (tertiary/aromatic N) is 1. The first-order chi connectivity index (χ1) is 11.6. The van der Waals surface area contributed by atoms with Crippen molar-refractivity contribution in [3.63, 3.8) is 0 Å². The molecule has 24 heavy (non-hydrogen) atoms. The summed E-state index contributed by atoms with van der Waals surface area (Å²) >= 11 is 0. The maximum atomic E-state index is 12.8. The Kier molecular flexibility index (Phi) is 5.31. The van der Waals surface area contributed by atoms with E-state index in [2.05, 4.69) is 60.6 Å². The van der Waals surface area contributed by atoms with Crippen molar-refractivity contribution in [2.75, 3.05) is 20.1 Å². The van der Waals surface area contributed by atoms with E-state index in [1.54, 1.807) is 0 Å². The quantitative estimate of drug-likeness (QED) is 0.934. The number of nitrogens with one attached hydrogen (secondary N) is 1. The molecule has 0 spiro atoms. The number of rotatable bonds is 4. The van der Waals surface area contributed by atoms with Crippen LogP contribution in [-0.2, 0) is 4.79 Å². The molecule has 0 aromatic heterocycles. The number of piperidine rings is 1. The fourth-order valence-electron chi connectivity index (χ4n) is 3.49. The summed E-state index contributed by atoms with van der Waals surface area (Å²) in [5, 5.41) is 3.30. The first-order valence-corrected chi connectivity index (χ1v) is 8.74. The Labute approximate surface area is 144 Å². The number of hydrogen-bond donors (Lipinski definition) is 1. The Morgan fingerprint density at radius 3 is 2.58 bits per heavy atom. The van der Waals surface area contributed by atoms with Gasteiger partial charge in [0, 0.05) is 6.54 Å². The molecule has 0 bridgehead atoms. The van der Waals surface area contributed by atoms with Gasteiger partial charge in [-0.05, 0) is 44.5 Å². The average molecular weight is 322 g/mol. The van der Waals surface area contributed by atoms with Crippen molar-refractivity contribution in [1.29, 1.82) is 0 Å². The van der Waals surface area contributed by atoms with Gasteiger partial charge in [-0.25, -0.2) is 0 Å². The molecule has 126 valence electrons. The zero-order chi connectivity index (χ0) is 16.9. The Bertz CT molecular complexity index is 683. The minimum absolute atomic E-state index is 0.0831. The van der Waals surface area contributed by atoms with Crippen molar-refractivity contribution in [3.8, 4) is 0 Å². The van der Waals surface area contributed by atoms with Crippen LogP contribution in [0.15, 0.2) is 54.6 Å². The van der Waals surface area contributed by atoms with Crippen molar-refractivity contribution in [3.05, 3.63) is 71.3 Å². The van der Waals surface area contributed by atoms with Crippen molar-refractivity contribution in [1.82, 2.24) is 10.2 Å². The Balaban J connectivity index is 1.84. The highest BCUT2D eigenvalue weighted by Crippen LogP contribution is 2.24. The first kappa shape index (κ1) is 16.7. The average Bonchev–Trinajstić information content (AvgIpc) is 2.60. The fourth-order valence-corrected chi connectivity index (χ4v) is 3.49. The van der Waals surface area contributed by atoms with Crippen LogP contribution in [-0.4, -0.2) is 30.9 Å². The van der Waals surface area contributed by atoms with Gasteiger partial charge in [0.15, 0.2) is 0 Å². The van der Waals surface area contributed by atoms with Gasteiger partial charge in [0.05, 0.1) is 12.0 Å². The standard InChI is InChI=1S/C21H26N2O/c1-16-8-6-11-18(14-16)20(17-9-4-3-5-10-17)22-21(24)19-12-7-13-23(2)15-19/h3-6,8-11,14,19-20H,7,12-13,15H2,1-2H3,(H,22,24)/t19-,20-/m1/s1. The zero-order valence-corrected chi connectivity index (χ0v) is 14.5. The molecular formula is C21H26N2O. The van der Waals surface area contributed by atoms with Gasteiger partial charge >= 0.3 is 0 Å². The lowest BCUT2D eigenvalue weighted by Gasteiger charge is -2.30. The zero-order valence-electron chi connectivity index (χ0n) is 14.5. The number of hydrogen-bond acceptors (Lipinski definition) is 2. The molecule has 1 heterocycles. The van der Waals surface area contributed by atoms with E-state index < -0.39 is 0 Å². The molecule has 0 unspecified atom stereocenters. The molecule has 1 saturated heterocycles. The van der Waals surface area contributed by atoms with Crippen LogP contribution in [0.1, 0.15) is 35.6 Å². The summed E-state index contributed by atoms with van der Waals surface area (Å²) in [6.07, 6.45) is 2.07. The van der Waals surface area contributed by atoms with Crippen LogP contribution in [0.3, 0.4) is 0 Å². The second kappa shape index (κ2) is 7.63. The van der Waals surface area contributed by atoms with E-state index in [1.807, 2.05) is 18.2 Å². The third-order valence-electron chi connectivity index (χ3n) is 4.79. The fraction of sp³-hybridized carbons (Fsp3) is 0.381. The smallest absolute Gasteiger partial charge is 0.225 e. The van der Waals surface area contributed by atoms with E-state index in [0.29, 0.717) is 0 Å². The predicted octanol–water partition coefficient (Wildman–Crippen LogP) is 3.54. The summed E-state index contributed by atoms with van der Waals surface area (Å²) in [6.45, 7) is 4.02. The van der Waals surface area contributed by atoms with Gasteiger partial charge in [0.2, 0.25) is 5.91 Å². The van der Waals surface area contributed by atoms with Crippen molar-refractivity contribution < 1.29 is 4.79 Å². The predicted molar refractivity (Wildman–Crippen MR) is 97.8 cm³/mol. The summed E-state index contributed by atoms with van der Waals surface area (Å²) in [4.78, 5) is 15.1. The molecule has 0 radical (unpaired) electrons. The summed E-state index contributed by atoms with van der Waals surface area (Å²) in [6, 6.07) is 18.5. The number of carbonyl (C=O) groups excluding carboxylic acids is 1. The van der Waals surface area contributed by atoms with Crippen molar-refractivity contribution in [2.45, 2.75) is 25.8 Å². The minimum Gasteiger partial charge on any atom is -0.345 e. The monoisotopic (exact) mass is 322 g/mol. The highest BCUT2D eigenvalue weighted by molar-refractivity contribution is 5.80. The Morgan fingerprint density at radius 1 is 1.12 bits per heavy atom. The molecule has 3 nitrogen and oxygen atoms in total. The summed E-state index contributed by atoms with van der Waals surface area (Å²) in [5.41, 5.74) is 3.47. The summed E-state index contributed by atoms with van der Waals surface area (Å²) in [5.74, 6) is 0.247. The number of carbonyl (C=O) groups is 1. The molecular weight excluding hydrogens is 296 g/mol. The Morgan fingerprint density at radius 2 is 1.88 bits per heavy atom. The van der Waals surface area contributed by atoms with Crippen LogP contribution >= 0.6 is 0 Å². The molecule has 3 heteroatoms. The summed E-state index contributed by atoms with van der Waals surface area (Å²) < 4.78 is 0. The van der Waals surface area contributed by atoms with Gasteiger partial charge in [0.25, 0.3) is 0 Å². The van der Waals surface area contributed by atoms with E-state index in [0.717, 1.165) is 37.1 Å². The van der Waals surface area contributed by atoms with E-state index in [-0.39, 0.29) is 17.9 Å². The lowest BCUT2D eigenvalue weighted by atomic mass is 9.94. The highest BCUT2D eigenvalue weighted by Gasteiger charge is 2.26.